The number of hydrogen-bond donors (Lipinski definition) is 2. The lowest BCUT2D eigenvalue weighted by Crippen LogP contribution is -2.17. The van der Waals surface area contributed by atoms with Gasteiger partial charge < -0.3 is 5.43 Å². The van der Waals surface area contributed by atoms with E-state index in [1.54, 1.807) is 6.92 Å². The van der Waals surface area contributed by atoms with E-state index in [4.69, 9.17) is 5.84 Å². The van der Waals surface area contributed by atoms with E-state index in [9.17, 15) is 13.2 Å². The van der Waals surface area contributed by atoms with Gasteiger partial charge in [0.15, 0.2) is 0 Å². The van der Waals surface area contributed by atoms with Gasteiger partial charge in [0, 0.05) is 11.8 Å². The summed E-state index contributed by atoms with van der Waals surface area (Å²) in [6, 6.07) is 1.46. The third-order valence-corrected chi connectivity index (χ3v) is 1.41. The Bertz CT molecular complexity index is 323. The van der Waals surface area contributed by atoms with Crippen molar-refractivity contribution >= 4 is 5.82 Å². The lowest BCUT2D eigenvalue weighted by molar-refractivity contribution is -0.128. The van der Waals surface area contributed by atoms with E-state index in [1.807, 2.05) is 0 Å². The van der Waals surface area contributed by atoms with Crippen LogP contribution in [0.25, 0.3) is 0 Å². The van der Waals surface area contributed by atoms with Crippen molar-refractivity contribution in [3.05, 3.63) is 17.6 Å². The minimum absolute atomic E-state index is 0.178. The Morgan fingerprint density at radius 1 is 1.43 bits per heavy atom. The fraction of sp³-hybridized carbons (Fsp3) is 0.429. The van der Waals surface area contributed by atoms with Crippen molar-refractivity contribution < 1.29 is 13.2 Å². The predicted molar refractivity (Wildman–Crippen MR) is 44.3 cm³/mol. The number of nitrogens with one attached hydrogen (secondary N) is 1. The molecule has 0 spiro atoms. The summed E-state index contributed by atoms with van der Waals surface area (Å²) in [7, 11) is 0. The van der Waals surface area contributed by atoms with E-state index >= 15 is 0 Å². The molecule has 0 aromatic carbocycles. The van der Waals surface area contributed by atoms with Crippen molar-refractivity contribution in [3.63, 3.8) is 0 Å². The number of rotatable bonds is 2. The van der Waals surface area contributed by atoms with Crippen LogP contribution in [0.3, 0.4) is 0 Å². The van der Waals surface area contributed by atoms with Gasteiger partial charge in [-0.3, -0.25) is 0 Å². The largest absolute Gasteiger partial charge is 0.396 e. The SMILES string of the molecule is Cc1cc(NN)nc(CC(F)(F)F)n1. The Morgan fingerprint density at radius 3 is 2.57 bits per heavy atom. The molecule has 0 amide bonds. The number of hydrazine groups is 1. The number of halogens is 3. The molecule has 4 nitrogen and oxygen atoms in total. The highest BCUT2D eigenvalue weighted by molar-refractivity contribution is 5.34. The molecule has 0 radical (unpaired) electrons. The van der Waals surface area contributed by atoms with E-state index in [0.29, 0.717) is 5.69 Å². The van der Waals surface area contributed by atoms with Gasteiger partial charge in [-0.25, -0.2) is 15.8 Å². The fourth-order valence-electron chi connectivity index (χ4n) is 0.962. The zero-order valence-electron chi connectivity index (χ0n) is 7.39. The minimum atomic E-state index is -4.31. The molecule has 0 bridgehead atoms. The molecule has 0 aliphatic carbocycles. The second-order valence-corrected chi connectivity index (χ2v) is 2.75. The number of anilines is 1. The summed E-state index contributed by atoms with van der Waals surface area (Å²) in [5.41, 5.74) is 2.61. The first-order valence-corrected chi connectivity index (χ1v) is 3.78. The summed E-state index contributed by atoms with van der Waals surface area (Å²) in [4.78, 5) is 7.21. The Morgan fingerprint density at radius 2 is 2.07 bits per heavy atom. The van der Waals surface area contributed by atoms with Crippen molar-refractivity contribution in [1.82, 2.24) is 9.97 Å². The summed E-state index contributed by atoms with van der Waals surface area (Å²) >= 11 is 0. The molecule has 0 aliphatic heterocycles. The molecule has 1 heterocycles. The molecule has 0 atom stereocenters. The average Bonchev–Trinajstić information content (AvgIpc) is 1.99. The van der Waals surface area contributed by atoms with Crippen LogP contribution >= 0.6 is 0 Å². The molecule has 14 heavy (non-hydrogen) atoms. The van der Waals surface area contributed by atoms with Crippen LogP contribution in [0.15, 0.2) is 6.07 Å². The fourth-order valence-corrected chi connectivity index (χ4v) is 0.962. The molecule has 1 aromatic heterocycles. The number of alkyl halides is 3. The lowest BCUT2D eigenvalue weighted by atomic mass is 10.3. The van der Waals surface area contributed by atoms with E-state index in [0.717, 1.165) is 0 Å². The first-order chi connectivity index (χ1) is 6.40. The van der Waals surface area contributed by atoms with Gasteiger partial charge in [0.2, 0.25) is 0 Å². The first kappa shape index (κ1) is 10.7. The molecule has 0 unspecified atom stereocenters. The number of nitrogen functional groups attached to an aromatic ring is 1. The molecule has 7 heteroatoms. The minimum Gasteiger partial charge on any atom is -0.308 e. The second kappa shape index (κ2) is 3.79. The molecule has 78 valence electrons. The zero-order chi connectivity index (χ0) is 10.8. The topological polar surface area (TPSA) is 63.8 Å². The van der Waals surface area contributed by atoms with Crippen molar-refractivity contribution in [1.29, 1.82) is 0 Å². The average molecular weight is 206 g/mol. The van der Waals surface area contributed by atoms with Crippen molar-refractivity contribution in [2.75, 3.05) is 5.43 Å². The Hall–Kier alpha value is -1.37. The number of aromatic nitrogens is 2. The van der Waals surface area contributed by atoms with Crippen molar-refractivity contribution in [2.45, 2.75) is 19.5 Å². The molecule has 3 N–H and O–H groups in total. The predicted octanol–water partition coefficient (Wildman–Crippen LogP) is 1.18. The molecule has 0 fully saturated rings. The molecule has 1 aromatic rings. The normalized spacial score (nSPS) is 11.5. The Balaban J connectivity index is 2.92. The van der Waals surface area contributed by atoms with Crippen molar-refractivity contribution in [2.24, 2.45) is 5.84 Å². The highest BCUT2D eigenvalue weighted by Crippen LogP contribution is 2.20. The summed E-state index contributed by atoms with van der Waals surface area (Å²) in [6.45, 7) is 1.57. The first-order valence-electron chi connectivity index (χ1n) is 3.78. The van der Waals surface area contributed by atoms with Crippen LogP contribution in [-0.4, -0.2) is 16.1 Å². The Labute approximate surface area is 78.3 Å². The maximum atomic E-state index is 12.0. The molecule has 0 aliphatic rings. The van der Waals surface area contributed by atoms with Gasteiger partial charge in [0.05, 0.1) is 0 Å². The number of hydrogen-bond acceptors (Lipinski definition) is 4. The quantitative estimate of drug-likeness (QED) is 0.563. The van der Waals surface area contributed by atoms with E-state index in [2.05, 4.69) is 15.4 Å². The molecule has 0 saturated carbocycles. The molecule has 0 saturated heterocycles. The summed E-state index contributed by atoms with van der Waals surface area (Å²) in [6.07, 6.45) is -5.46. The summed E-state index contributed by atoms with van der Waals surface area (Å²) < 4.78 is 35.9. The number of nitrogens with zero attached hydrogens (tertiary/aromatic N) is 2. The van der Waals surface area contributed by atoms with Gasteiger partial charge >= 0.3 is 6.18 Å². The van der Waals surface area contributed by atoms with Gasteiger partial charge in [0.25, 0.3) is 0 Å². The van der Waals surface area contributed by atoms with Crippen LogP contribution in [0.1, 0.15) is 11.5 Å². The summed E-state index contributed by atoms with van der Waals surface area (Å²) in [5, 5.41) is 0. The van der Waals surface area contributed by atoms with E-state index in [-0.39, 0.29) is 11.6 Å². The third-order valence-electron chi connectivity index (χ3n) is 1.41. The maximum Gasteiger partial charge on any atom is 0.396 e. The van der Waals surface area contributed by atoms with E-state index in [1.165, 1.54) is 6.07 Å². The molecular formula is C7H9F3N4. The van der Waals surface area contributed by atoms with Gasteiger partial charge in [-0.15, -0.1) is 0 Å². The highest BCUT2D eigenvalue weighted by atomic mass is 19.4. The lowest BCUT2D eigenvalue weighted by Gasteiger charge is -2.07. The number of aryl methyl sites for hydroxylation is 1. The Kier molecular flexibility index (Phi) is 2.90. The van der Waals surface area contributed by atoms with Gasteiger partial charge in [0.1, 0.15) is 18.1 Å². The zero-order valence-corrected chi connectivity index (χ0v) is 7.39. The van der Waals surface area contributed by atoms with Crippen LogP contribution < -0.4 is 11.3 Å². The number of nitrogens with two attached hydrogens (primary N) is 1. The van der Waals surface area contributed by atoms with Gasteiger partial charge in [-0.05, 0) is 6.92 Å². The van der Waals surface area contributed by atoms with Crippen LogP contribution in [0.5, 0.6) is 0 Å². The van der Waals surface area contributed by atoms with Gasteiger partial charge in [-0.1, -0.05) is 0 Å². The molecular weight excluding hydrogens is 197 g/mol. The smallest absolute Gasteiger partial charge is 0.308 e. The summed E-state index contributed by atoms with van der Waals surface area (Å²) in [5.74, 6) is 4.92. The maximum absolute atomic E-state index is 12.0. The van der Waals surface area contributed by atoms with Crippen LogP contribution in [0.4, 0.5) is 19.0 Å². The van der Waals surface area contributed by atoms with Gasteiger partial charge in [-0.2, -0.15) is 13.2 Å². The highest BCUT2D eigenvalue weighted by Gasteiger charge is 2.29. The van der Waals surface area contributed by atoms with E-state index < -0.39 is 12.6 Å². The van der Waals surface area contributed by atoms with Crippen LogP contribution in [-0.2, 0) is 6.42 Å². The van der Waals surface area contributed by atoms with Crippen molar-refractivity contribution in [3.8, 4) is 0 Å². The second-order valence-electron chi connectivity index (χ2n) is 2.75. The van der Waals surface area contributed by atoms with Crippen LogP contribution in [0.2, 0.25) is 0 Å². The standard InChI is InChI=1S/C7H9F3N4/c1-4-2-5(14-11)13-6(12-4)3-7(8,9)10/h2H,3,11H2,1H3,(H,12,13,14). The molecule has 1 rings (SSSR count). The van der Waals surface area contributed by atoms with Crippen LogP contribution in [0, 0.1) is 6.92 Å². The monoisotopic (exact) mass is 206 g/mol. The third kappa shape index (κ3) is 3.17.